The smallest absolute Gasteiger partial charge is 0.229 e. The lowest BCUT2D eigenvalue weighted by Crippen LogP contribution is -2.78. The Bertz CT molecular complexity index is 1610. The highest BCUT2D eigenvalue weighted by Gasteiger charge is 2.74. The highest BCUT2D eigenvalue weighted by molar-refractivity contribution is 5.82. The first-order valence-electron chi connectivity index (χ1n) is 17.0. The Kier molecular flexibility index (Phi) is 6.39. The number of aliphatic hydroxyl groups is 2. The van der Waals surface area contributed by atoms with Gasteiger partial charge in [0.25, 0.3) is 0 Å². The lowest BCUT2D eigenvalue weighted by Gasteiger charge is -2.64. The first-order chi connectivity index (χ1) is 22.0. The zero-order valence-electron chi connectivity index (χ0n) is 25.7. The molecule has 2 saturated carbocycles. The van der Waals surface area contributed by atoms with Crippen LogP contribution in [0.15, 0.2) is 72.8 Å². The van der Waals surface area contributed by atoms with Crippen LogP contribution >= 0.6 is 0 Å². The molecule has 3 aliphatic carbocycles. The van der Waals surface area contributed by atoms with Crippen LogP contribution in [0.4, 0.5) is 0 Å². The summed E-state index contributed by atoms with van der Waals surface area (Å²) in [7, 11) is 0. The minimum absolute atomic E-state index is 0.00273. The molecule has 9 rings (SSSR count). The van der Waals surface area contributed by atoms with Crippen LogP contribution in [0.2, 0.25) is 0 Å². The molecule has 7 heteroatoms. The van der Waals surface area contributed by atoms with Gasteiger partial charge in [-0.3, -0.25) is 9.69 Å². The van der Waals surface area contributed by atoms with Gasteiger partial charge in [-0.05, 0) is 80.2 Å². The van der Waals surface area contributed by atoms with Gasteiger partial charge in [0.15, 0.2) is 11.5 Å². The van der Waals surface area contributed by atoms with Crippen molar-refractivity contribution in [3.05, 3.63) is 95.1 Å². The predicted octanol–water partition coefficient (Wildman–Crippen LogP) is 4.78. The highest BCUT2D eigenvalue weighted by Crippen LogP contribution is 2.66. The van der Waals surface area contributed by atoms with Crippen molar-refractivity contribution in [3.63, 3.8) is 0 Å². The van der Waals surface area contributed by atoms with Crippen molar-refractivity contribution in [1.82, 2.24) is 9.80 Å². The van der Waals surface area contributed by atoms with Crippen molar-refractivity contribution in [2.75, 3.05) is 19.6 Å². The quantitative estimate of drug-likeness (QED) is 0.384. The topological polar surface area (TPSA) is 82.5 Å². The summed E-state index contributed by atoms with van der Waals surface area (Å²) in [5.41, 5.74) is 2.70. The number of carbonyl (C=O) groups is 1. The molecular weight excluding hydrogens is 564 g/mol. The van der Waals surface area contributed by atoms with E-state index in [9.17, 15) is 15.0 Å². The number of nitrogens with zero attached hydrogens (tertiary/aromatic N) is 2. The van der Waals surface area contributed by atoms with E-state index in [0.717, 1.165) is 54.3 Å². The molecule has 234 valence electrons. The van der Waals surface area contributed by atoms with E-state index < -0.39 is 23.0 Å². The molecule has 2 bridgehead atoms. The third-order valence-electron chi connectivity index (χ3n) is 12.2. The molecule has 3 heterocycles. The molecule has 0 aromatic heterocycles. The molecule has 45 heavy (non-hydrogen) atoms. The van der Waals surface area contributed by atoms with Crippen molar-refractivity contribution >= 4 is 5.91 Å². The second kappa shape index (κ2) is 10.3. The van der Waals surface area contributed by atoms with Crippen LogP contribution in [0.1, 0.15) is 66.9 Å². The fraction of sp³-hybridized carbons (Fsp3) is 0.500. The lowest BCUT2D eigenvalue weighted by molar-refractivity contribution is -0.201. The van der Waals surface area contributed by atoms with Crippen molar-refractivity contribution in [1.29, 1.82) is 0 Å². The summed E-state index contributed by atoms with van der Waals surface area (Å²) in [5, 5.41) is 24.3. The lowest BCUT2D eigenvalue weighted by atomic mass is 9.48. The van der Waals surface area contributed by atoms with E-state index in [2.05, 4.69) is 29.2 Å². The van der Waals surface area contributed by atoms with E-state index in [4.69, 9.17) is 9.47 Å². The van der Waals surface area contributed by atoms with E-state index in [-0.39, 0.29) is 24.1 Å². The number of piperidine rings is 1. The van der Waals surface area contributed by atoms with Crippen molar-refractivity contribution in [2.24, 2.45) is 11.8 Å². The fourth-order valence-corrected chi connectivity index (χ4v) is 9.84. The van der Waals surface area contributed by atoms with E-state index in [1.54, 1.807) is 0 Å². The Morgan fingerprint density at radius 2 is 1.71 bits per heavy atom. The highest BCUT2D eigenvalue weighted by atomic mass is 16.5. The first kappa shape index (κ1) is 27.9. The van der Waals surface area contributed by atoms with Gasteiger partial charge < -0.3 is 24.6 Å². The Labute approximate surface area is 264 Å². The van der Waals surface area contributed by atoms with E-state index in [1.807, 2.05) is 53.4 Å². The van der Waals surface area contributed by atoms with Crippen LogP contribution in [-0.2, 0) is 23.2 Å². The van der Waals surface area contributed by atoms with Gasteiger partial charge in [0, 0.05) is 24.7 Å². The van der Waals surface area contributed by atoms with Crippen molar-refractivity contribution in [2.45, 2.75) is 86.9 Å². The molecule has 1 amide bonds. The maximum atomic E-state index is 14.1. The molecule has 7 nitrogen and oxygen atoms in total. The molecule has 3 aliphatic heterocycles. The van der Waals surface area contributed by atoms with Gasteiger partial charge in [0.05, 0.1) is 29.1 Å². The molecule has 3 aromatic rings. The number of hydrogen-bond donors (Lipinski definition) is 2. The first-order valence-corrected chi connectivity index (χ1v) is 17.0. The average Bonchev–Trinajstić information content (AvgIpc) is 3.70. The van der Waals surface area contributed by atoms with Gasteiger partial charge in [-0.1, -0.05) is 66.7 Å². The standard InChI is InChI=1S/C38H42N2O5/c41-33(26-9-5-2-6-10-26)28-16-19-40(36(28)42)29-15-17-38(43)31-21-27-13-14-30(44-23-25-7-3-1-4-8-25)34-32(27)37(38,35(29)45-34)18-20-39(31)22-24-11-12-24/h1-10,13-14,24,28-29,31,33,35,41,43H,11-12,15-23H2/t28?,29-,31+,33?,35-,37-,38+/m0/s1. The van der Waals surface area contributed by atoms with Gasteiger partial charge in [-0.2, -0.15) is 0 Å². The van der Waals surface area contributed by atoms with Crippen LogP contribution in [0.25, 0.3) is 0 Å². The van der Waals surface area contributed by atoms with Crippen molar-refractivity contribution in [3.8, 4) is 11.5 Å². The second-order valence-corrected chi connectivity index (χ2v) is 14.4. The number of amides is 1. The number of aliphatic hydroxyl groups excluding tert-OH is 1. The SMILES string of the molecule is O=C1C(C(O)c2ccccc2)CCN1[C@H]1CC[C@@]2(O)[C@H]3Cc4ccc(OCc5ccccc5)c5c4[C@@]2(CCN3CC2CC2)[C@H]1O5. The third-order valence-corrected chi connectivity index (χ3v) is 12.2. The van der Waals surface area contributed by atoms with E-state index in [0.29, 0.717) is 38.2 Å². The normalized spacial score (nSPS) is 33.9. The Balaban J connectivity index is 1.09. The maximum Gasteiger partial charge on any atom is 0.229 e. The third kappa shape index (κ3) is 4.09. The van der Waals surface area contributed by atoms with Gasteiger partial charge in [0.1, 0.15) is 12.7 Å². The molecule has 2 unspecified atom stereocenters. The second-order valence-electron chi connectivity index (χ2n) is 14.4. The summed E-state index contributed by atoms with van der Waals surface area (Å²) in [4.78, 5) is 18.7. The molecule has 3 aromatic carbocycles. The molecule has 4 fully saturated rings. The van der Waals surface area contributed by atoms with E-state index >= 15 is 0 Å². The van der Waals surface area contributed by atoms with Gasteiger partial charge >= 0.3 is 0 Å². The zero-order valence-corrected chi connectivity index (χ0v) is 25.7. The molecular formula is C38H42N2O5. The Morgan fingerprint density at radius 1 is 0.933 bits per heavy atom. The fourth-order valence-electron chi connectivity index (χ4n) is 9.84. The number of likely N-dealkylation sites (tertiary alicyclic amines) is 2. The monoisotopic (exact) mass is 606 g/mol. The predicted molar refractivity (Wildman–Crippen MR) is 169 cm³/mol. The zero-order chi connectivity index (χ0) is 30.3. The van der Waals surface area contributed by atoms with Gasteiger partial charge in [0.2, 0.25) is 5.91 Å². The molecule has 1 spiro atoms. The van der Waals surface area contributed by atoms with Crippen LogP contribution in [0.3, 0.4) is 0 Å². The average molecular weight is 607 g/mol. The summed E-state index contributed by atoms with van der Waals surface area (Å²) in [5.74, 6) is 1.74. The summed E-state index contributed by atoms with van der Waals surface area (Å²) >= 11 is 0. The van der Waals surface area contributed by atoms with E-state index in [1.165, 1.54) is 18.4 Å². The largest absolute Gasteiger partial charge is 0.485 e. The summed E-state index contributed by atoms with van der Waals surface area (Å²) in [6.07, 6.45) is 4.90. The Hall–Kier alpha value is -3.39. The minimum atomic E-state index is -0.941. The maximum absolute atomic E-state index is 14.1. The molecule has 2 saturated heterocycles. The summed E-state index contributed by atoms with van der Waals surface area (Å²) < 4.78 is 13.5. The number of ether oxygens (including phenoxy) is 2. The van der Waals surface area contributed by atoms with Crippen molar-refractivity contribution < 1.29 is 24.5 Å². The summed E-state index contributed by atoms with van der Waals surface area (Å²) in [6.45, 7) is 3.00. The molecule has 0 radical (unpaired) electrons. The van der Waals surface area contributed by atoms with Crippen LogP contribution in [-0.4, -0.2) is 69.3 Å². The molecule has 6 aliphatic rings. The number of rotatable bonds is 8. The molecule has 7 atom stereocenters. The van der Waals surface area contributed by atoms with Gasteiger partial charge in [-0.25, -0.2) is 0 Å². The van der Waals surface area contributed by atoms with Crippen LogP contribution in [0.5, 0.6) is 11.5 Å². The van der Waals surface area contributed by atoms with Crippen LogP contribution < -0.4 is 9.47 Å². The Morgan fingerprint density at radius 3 is 2.49 bits per heavy atom. The minimum Gasteiger partial charge on any atom is -0.485 e. The number of benzene rings is 3. The van der Waals surface area contributed by atoms with Gasteiger partial charge in [-0.15, -0.1) is 0 Å². The number of carbonyl (C=O) groups excluding carboxylic acids is 1. The molecule has 2 N–H and O–H groups in total. The number of hydrogen-bond acceptors (Lipinski definition) is 6. The summed E-state index contributed by atoms with van der Waals surface area (Å²) in [6, 6.07) is 23.8. The van der Waals surface area contributed by atoms with Crippen LogP contribution in [0, 0.1) is 11.8 Å².